The highest BCUT2D eigenvalue weighted by atomic mass is 16.5. The van der Waals surface area contributed by atoms with E-state index in [9.17, 15) is 0 Å². The van der Waals surface area contributed by atoms with Gasteiger partial charge in [-0.25, -0.2) is 0 Å². The molecule has 2 aromatic heterocycles. The summed E-state index contributed by atoms with van der Waals surface area (Å²) in [4.78, 5) is 11.0. The van der Waals surface area contributed by atoms with Crippen LogP contribution in [0.25, 0.3) is 11.0 Å². The van der Waals surface area contributed by atoms with Crippen LogP contribution in [0.2, 0.25) is 0 Å². The Bertz CT molecular complexity index is 589. The molecule has 0 saturated carbocycles. The molecule has 0 spiro atoms. The summed E-state index contributed by atoms with van der Waals surface area (Å²) in [7, 11) is 5.19. The number of hydrogen-bond acceptors (Lipinski definition) is 7. The molecule has 0 aliphatic carbocycles. The fourth-order valence-corrected chi connectivity index (χ4v) is 2.54. The lowest BCUT2D eigenvalue weighted by Gasteiger charge is -2.18. The van der Waals surface area contributed by atoms with Gasteiger partial charge in [0.1, 0.15) is 18.0 Å². The van der Waals surface area contributed by atoms with Crippen LogP contribution in [-0.2, 0) is 9.47 Å². The lowest BCUT2D eigenvalue weighted by molar-refractivity contribution is -0.00461. The van der Waals surface area contributed by atoms with E-state index in [1.165, 1.54) is 0 Å². The van der Waals surface area contributed by atoms with Crippen molar-refractivity contribution >= 4 is 22.8 Å². The predicted molar refractivity (Wildman–Crippen MR) is 75.0 cm³/mol. The van der Waals surface area contributed by atoms with Gasteiger partial charge in [-0.2, -0.15) is 15.1 Å². The number of aromatic nitrogens is 4. The van der Waals surface area contributed by atoms with Gasteiger partial charge in [0.05, 0.1) is 11.6 Å². The number of nitrogens with one attached hydrogen (secondary N) is 2. The van der Waals surface area contributed by atoms with Crippen LogP contribution in [0.15, 0.2) is 6.20 Å². The zero-order valence-corrected chi connectivity index (χ0v) is 11.8. The molecule has 1 aliphatic heterocycles. The fourth-order valence-electron chi connectivity index (χ4n) is 2.54. The minimum atomic E-state index is 0.0370. The molecule has 1 saturated heterocycles. The first-order valence-electron chi connectivity index (χ1n) is 6.46. The largest absolute Gasteiger partial charge is 0.377 e. The average molecular weight is 278 g/mol. The number of H-pyrrole nitrogens is 1. The van der Waals surface area contributed by atoms with Crippen LogP contribution in [0.4, 0.5) is 11.8 Å². The molecule has 8 nitrogen and oxygen atoms in total. The standard InChI is InChI=1S/C12H18N6O2/c1-13-12-15-10-7(4-14-17-10)11(16-12)18-5-8(19-2)9(6-18)20-3/h4,8-9H,5-6H2,1-3H3,(H2,13,14,15,16,17). The topological polar surface area (TPSA) is 88.2 Å². The molecule has 2 aromatic rings. The smallest absolute Gasteiger partial charge is 0.226 e. The summed E-state index contributed by atoms with van der Waals surface area (Å²) < 4.78 is 10.9. The molecule has 1 fully saturated rings. The molecule has 1 aliphatic rings. The lowest BCUT2D eigenvalue weighted by Crippen LogP contribution is -2.27. The lowest BCUT2D eigenvalue weighted by atomic mass is 10.3. The van der Waals surface area contributed by atoms with Crippen molar-refractivity contribution in [1.29, 1.82) is 0 Å². The predicted octanol–water partition coefficient (Wildman–Crippen LogP) is 0.245. The summed E-state index contributed by atoms with van der Waals surface area (Å²) in [6.45, 7) is 1.46. The van der Waals surface area contributed by atoms with Crippen LogP contribution in [0, 0.1) is 0 Å². The number of aromatic amines is 1. The summed E-state index contributed by atoms with van der Waals surface area (Å²) in [5.74, 6) is 1.40. The quantitative estimate of drug-likeness (QED) is 0.828. The van der Waals surface area contributed by atoms with E-state index in [0.29, 0.717) is 11.6 Å². The first kappa shape index (κ1) is 13.1. The van der Waals surface area contributed by atoms with Crippen molar-refractivity contribution in [3.05, 3.63) is 6.20 Å². The van der Waals surface area contributed by atoms with E-state index in [0.717, 1.165) is 24.3 Å². The van der Waals surface area contributed by atoms with E-state index >= 15 is 0 Å². The van der Waals surface area contributed by atoms with Gasteiger partial charge >= 0.3 is 0 Å². The van der Waals surface area contributed by atoms with Crippen LogP contribution < -0.4 is 10.2 Å². The maximum Gasteiger partial charge on any atom is 0.226 e. The molecule has 2 unspecified atom stereocenters. The Morgan fingerprint density at radius 2 is 1.95 bits per heavy atom. The highest BCUT2D eigenvalue weighted by Crippen LogP contribution is 2.28. The second-order valence-electron chi connectivity index (χ2n) is 4.71. The minimum Gasteiger partial charge on any atom is -0.377 e. The summed E-state index contributed by atoms with van der Waals surface area (Å²) in [5.41, 5.74) is 0.717. The van der Waals surface area contributed by atoms with Crippen molar-refractivity contribution in [2.45, 2.75) is 12.2 Å². The first-order chi connectivity index (χ1) is 9.76. The molecule has 0 bridgehead atoms. The summed E-state index contributed by atoms with van der Waals surface area (Å²) in [6, 6.07) is 0. The van der Waals surface area contributed by atoms with Crippen molar-refractivity contribution in [3.63, 3.8) is 0 Å². The zero-order valence-electron chi connectivity index (χ0n) is 11.8. The second kappa shape index (κ2) is 5.22. The molecule has 8 heteroatoms. The number of methoxy groups -OCH3 is 2. The van der Waals surface area contributed by atoms with Crippen molar-refractivity contribution in [2.24, 2.45) is 0 Å². The normalized spacial score (nSPS) is 22.6. The molecule has 3 rings (SSSR count). The van der Waals surface area contributed by atoms with Crippen molar-refractivity contribution in [1.82, 2.24) is 20.2 Å². The van der Waals surface area contributed by atoms with Gasteiger partial charge in [-0.05, 0) is 0 Å². The third-order valence-corrected chi connectivity index (χ3v) is 3.63. The van der Waals surface area contributed by atoms with Crippen LogP contribution in [-0.4, -0.2) is 66.7 Å². The Hall–Kier alpha value is -1.93. The zero-order chi connectivity index (χ0) is 14.1. The fraction of sp³-hybridized carbons (Fsp3) is 0.583. The molecule has 3 heterocycles. The molecule has 2 atom stereocenters. The van der Waals surface area contributed by atoms with Gasteiger partial charge in [0.15, 0.2) is 5.65 Å². The number of ether oxygens (including phenoxy) is 2. The van der Waals surface area contributed by atoms with Crippen LogP contribution in [0.3, 0.4) is 0 Å². The molecular formula is C12H18N6O2. The van der Waals surface area contributed by atoms with Gasteiger partial charge in [-0.15, -0.1) is 0 Å². The maximum absolute atomic E-state index is 5.47. The summed E-state index contributed by atoms with van der Waals surface area (Å²) in [5, 5.41) is 10.8. The monoisotopic (exact) mass is 278 g/mol. The summed E-state index contributed by atoms with van der Waals surface area (Å²) >= 11 is 0. The van der Waals surface area contributed by atoms with Gasteiger partial charge in [-0.3, -0.25) is 5.10 Å². The van der Waals surface area contributed by atoms with Crippen molar-refractivity contribution in [3.8, 4) is 0 Å². The van der Waals surface area contributed by atoms with Crippen LogP contribution >= 0.6 is 0 Å². The van der Waals surface area contributed by atoms with Crippen molar-refractivity contribution in [2.75, 3.05) is 44.6 Å². The maximum atomic E-state index is 5.47. The Morgan fingerprint density at radius 1 is 1.25 bits per heavy atom. The SMILES string of the molecule is CNc1nc(N2CC(OC)C(OC)C2)c2cn[nH]c2n1. The van der Waals surface area contributed by atoms with E-state index in [2.05, 4.69) is 30.4 Å². The van der Waals surface area contributed by atoms with Gasteiger partial charge in [0.2, 0.25) is 5.95 Å². The number of hydrogen-bond donors (Lipinski definition) is 2. The number of rotatable bonds is 4. The van der Waals surface area contributed by atoms with Gasteiger partial charge in [-0.1, -0.05) is 0 Å². The Labute approximate surface area is 116 Å². The van der Waals surface area contributed by atoms with Crippen molar-refractivity contribution < 1.29 is 9.47 Å². The average Bonchev–Trinajstić information content (AvgIpc) is 3.11. The first-order valence-corrected chi connectivity index (χ1v) is 6.46. The number of anilines is 2. The molecule has 2 N–H and O–H groups in total. The van der Waals surface area contributed by atoms with E-state index in [-0.39, 0.29) is 12.2 Å². The van der Waals surface area contributed by atoms with Crippen LogP contribution in [0.5, 0.6) is 0 Å². The summed E-state index contributed by atoms with van der Waals surface area (Å²) in [6.07, 6.45) is 1.82. The van der Waals surface area contributed by atoms with E-state index in [4.69, 9.17) is 9.47 Å². The van der Waals surface area contributed by atoms with E-state index in [1.54, 1.807) is 27.5 Å². The molecule has 0 amide bonds. The molecule has 20 heavy (non-hydrogen) atoms. The molecule has 108 valence electrons. The van der Waals surface area contributed by atoms with E-state index < -0.39 is 0 Å². The number of nitrogens with zero attached hydrogens (tertiary/aromatic N) is 4. The molecular weight excluding hydrogens is 260 g/mol. The van der Waals surface area contributed by atoms with Gasteiger partial charge in [0, 0.05) is 34.4 Å². The minimum absolute atomic E-state index is 0.0370. The Kier molecular flexibility index (Phi) is 3.41. The van der Waals surface area contributed by atoms with Crippen LogP contribution in [0.1, 0.15) is 0 Å². The number of fused-ring (bicyclic) bond motifs is 1. The second-order valence-corrected chi connectivity index (χ2v) is 4.71. The third kappa shape index (κ3) is 2.06. The van der Waals surface area contributed by atoms with E-state index in [1.807, 2.05) is 0 Å². The van der Waals surface area contributed by atoms with Gasteiger partial charge in [0.25, 0.3) is 0 Å². The van der Waals surface area contributed by atoms with Gasteiger partial charge < -0.3 is 19.7 Å². The Morgan fingerprint density at radius 3 is 2.55 bits per heavy atom. The third-order valence-electron chi connectivity index (χ3n) is 3.63. The molecule has 0 radical (unpaired) electrons. The highest BCUT2D eigenvalue weighted by molar-refractivity contribution is 5.87. The Balaban J connectivity index is 1.99. The molecule has 0 aromatic carbocycles. The highest BCUT2D eigenvalue weighted by Gasteiger charge is 2.34.